The molecule has 0 aliphatic rings. The normalized spacial score (nSPS) is 10.5. The Hall–Kier alpha value is -1.58. The second kappa shape index (κ2) is 4.96. The molecule has 0 aliphatic carbocycles. The fraction of sp³-hybridized carbons (Fsp3) is 0. The molecular formula is C15H11NS2. The lowest BCUT2D eigenvalue weighted by Gasteiger charge is -2.02. The van der Waals surface area contributed by atoms with Crippen LogP contribution >= 0.6 is 24.0 Å². The topological polar surface area (TPSA) is 12.9 Å². The van der Waals surface area contributed by atoms with Gasteiger partial charge in [-0.25, -0.2) is 4.98 Å². The third kappa shape index (κ3) is 2.19. The summed E-state index contributed by atoms with van der Waals surface area (Å²) in [5.41, 5.74) is 3.33. The molecule has 3 heteroatoms. The van der Waals surface area contributed by atoms with E-state index in [9.17, 15) is 0 Å². The van der Waals surface area contributed by atoms with Gasteiger partial charge in [-0.2, -0.15) is 0 Å². The number of aromatic nitrogens is 1. The molecule has 0 bridgehead atoms. The maximum absolute atomic E-state index is 4.54. The van der Waals surface area contributed by atoms with Crippen LogP contribution in [0.5, 0.6) is 0 Å². The van der Waals surface area contributed by atoms with E-state index >= 15 is 0 Å². The Morgan fingerprint density at radius 3 is 1.94 bits per heavy atom. The van der Waals surface area contributed by atoms with Crippen molar-refractivity contribution in [1.29, 1.82) is 0 Å². The minimum atomic E-state index is 0.799. The zero-order chi connectivity index (χ0) is 12.4. The Balaban J connectivity index is 2.17. The third-order valence-electron chi connectivity index (χ3n) is 2.70. The van der Waals surface area contributed by atoms with Gasteiger partial charge in [-0.3, -0.25) is 0 Å². The van der Waals surface area contributed by atoms with Crippen molar-refractivity contribution < 1.29 is 0 Å². The molecule has 0 saturated carbocycles. The number of thiol groups is 1. The summed E-state index contributed by atoms with van der Waals surface area (Å²) in [5, 5.41) is 0. The van der Waals surface area contributed by atoms with Gasteiger partial charge >= 0.3 is 0 Å². The second-order valence-corrected chi connectivity index (χ2v) is 5.63. The lowest BCUT2D eigenvalue weighted by Crippen LogP contribution is -1.81. The molecule has 1 aromatic heterocycles. The quantitative estimate of drug-likeness (QED) is 0.661. The predicted molar refractivity (Wildman–Crippen MR) is 80.2 cm³/mol. The van der Waals surface area contributed by atoms with Crippen molar-refractivity contribution in [1.82, 2.24) is 4.98 Å². The van der Waals surface area contributed by atoms with Crippen LogP contribution in [0.2, 0.25) is 0 Å². The molecule has 0 atom stereocenters. The van der Waals surface area contributed by atoms with Crippen LogP contribution < -0.4 is 0 Å². The molecular weight excluding hydrogens is 258 g/mol. The van der Waals surface area contributed by atoms with Gasteiger partial charge in [-0.05, 0) is 5.56 Å². The summed E-state index contributed by atoms with van der Waals surface area (Å²) in [6.07, 6.45) is 0. The minimum Gasteiger partial charge on any atom is -0.229 e. The van der Waals surface area contributed by atoms with Crippen LogP contribution in [0.3, 0.4) is 0 Å². The first-order valence-corrected chi connectivity index (χ1v) is 6.91. The maximum Gasteiger partial charge on any atom is 0.148 e. The van der Waals surface area contributed by atoms with E-state index in [-0.39, 0.29) is 0 Å². The number of benzene rings is 2. The summed E-state index contributed by atoms with van der Waals surface area (Å²) in [5.74, 6) is 0. The summed E-state index contributed by atoms with van der Waals surface area (Å²) in [4.78, 5) is 5.71. The Morgan fingerprint density at radius 2 is 1.33 bits per heavy atom. The largest absolute Gasteiger partial charge is 0.229 e. The van der Waals surface area contributed by atoms with Gasteiger partial charge < -0.3 is 0 Å². The highest BCUT2D eigenvalue weighted by atomic mass is 32.2. The van der Waals surface area contributed by atoms with Gasteiger partial charge in [-0.1, -0.05) is 60.7 Å². The highest BCUT2D eigenvalue weighted by molar-refractivity contribution is 7.82. The molecule has 0 amide bonds. The van der Waals surface area contributed by atoms with Gasteiger partial charge in [-0.15, -0.1) is 24.0 Å². The fourth-order valence-electron chi connectivity index (χ4n) is 1.89. The maximum atomic E-state index is 4.54. The number of hydrogen-bond acceptors (Lipinski definition) is 3. The minimum absolute atomic E-state index is 0.799. The van der Waals surface area contributed by atoms with Crippen LogP contribution in [-0.4, -0.2) is 4.98 Å². The molecule has 1 nitrogen and oxygen atoms in total. The molecule has 0 aliphatic heterocycles. The van der Waals surface area contributed by atoms with Crippen LogP contribution in [-0.2, 0) is 0 Å². The lowest BCUT2D eigenvalue weighted by molar-refractivity contribution is 1.26. The van der Waals surface area contributed by atoms with Gasteiger partial charge in [0.1, 0.15) is 4.34 Å². The molecule has 0 unspecified atom stereocenters. The average Bonchev–Trinajstić information content (AvgIpc) is 2.83. The first-order chi connectivity index (χ1) is 8.84. The van der Waals surface area contributed by atoms with Gasteiger partial charge in [0.2, 0.25) is 0 Å². The van der Waals surface area contributed by atoms with Crippen molar-refractivity contribution in [3.8, 4) is 21.7 Å². The summed E-state index contributed by atoms with van der Waals surface area (Å²) in [7, 11) is 0. The van der Waals surface area contributed by atoms with E-state index < -0.39 is 0 Å². The predicted octanol–water partition coefficient (Wildman–Crippen LogP) is 4.77. The van der Waals surface area contributed by atoms with Gasteiger partial charge in [0.05, 0.1) is 10.6 Å². The average molecular weight is 269 g/mol. The van der Waals surface area contributed by atoms with Crippen molar-refractivity contribution in [2.24, 2.45) is 0 Å². The van der Waals surface area contributed by atoms with E-state index in [1.54, 1.807) is 11.3 Å². The molecule has 88 valence electrons. The van der Waals surface area contributed by atoms with Gasteiger partial charge in [0.15, 0.2) is 0 Å². The van der Waals surface area contributed by atoms with Crippen LogP contribution in [0.15, 0.2) is 65.0 Å². The molecule has 3 aromatic rings. The number of thiazole rings is 1. The standard InChI is InChI=1S/C15H11NS2/c17-15-16-13(11-7-3-1-4-8-11)14(18-15)12-9-5-2-6-10-12/h1-10H,(H,16,17). The first kappa shape index (κ1) is 11.5. The zero-order valence-electron chi connectivity index (χ0n) is 9.58. The van der Waals surface area contributed by atoms with Crippen LogP contribution in [0.25, 0.3) is 21.7 Å². The second-order valence-electron chi connectivity index (χ2n) is 3.91. The van der Waals surface area contributed by atoms with Crippen LogP contribution in [0.4, 0.5) is 0 Å². The number of rotatable bonds is 2. The molecule has 0 spiro atoms. The summed E-state index contributed by atoms with van der Waals surface area (Å²) in [6.45, 7) is 0. The van der Waals surface area contributed by atoms with E-state index in [4.69, 9.17) is 0 Å². The molecule has 18 heavy (non-hydrogen) atoms. The van der Waals surface area contributed by atoms with E-state index in [1.807, 2.05) is 36.4 Å². The van der Waals surface area contributed by atoms with Gasteiger partial charge in [0.25, 0.3) is 0 Å². The van der Waals surface area contributed by atoms with Crippen molar-refractivity contribution in [3.63, 3.8) is 0 Å². The number of nitrogens with zero attached hydrogens (tertiary/aromatic N) is 1. The van der Waals surface area contributed by atoms with E-state index in [2.05, 4.69) is 41.9 Å². The fourth-order valence-corrected chi connectivity index (χ4v) is 3.09. The van der Waals surface area contributed by atoms with Crippen LogP contribution in [0, 0.1) is 0 Å². The summed E-state index contributed by atoms with van der Waals surface area (Å²) >= 11 is 6.00. The van der Waals surface area contributed by atoms with Crippen molar-refractivity contribution in [3.05, 3.63) is 60.7 Å². The van der Waals surface area contributed by atoms with E-state index in [1.165, 1.54) is 10.4 Å². The Morgan fingerprint density at radius 1 is 0.778 bits per heavy atom. The first-order valence-electron chi connectivity index (χ1n) is 5.65. The van der Waals surface area contributed by atoms with E-state index in [0.717, 1.165) is 15.6 Å². The molecule has 1 heterocycles. The molecule has 0 radical (unpaired) electrons. The van der Waals surface area contributed by atoms with Gasteiger partial charge in [0, 0.05) is 5.56 Å². The van der Waals surface area contributed by atoms with Crippen molar-refractivity contribution >= 4 is 24.0 Å². The van der Waals surface area contributed by atoms with Crippen molar-refractivity contribution in [2.45, 2.75) is 4.34 Å². The van der Waals surface area contributed by atoms with Crippen LogP contribution in [0.1, 0.15) is 0 Å². The Bertz CT molecular complexity index is 588. The molecule has 0 fully saturated rings. The molecule has 2 aromatic carbocycles. The monoisotopic (exact) mass is 269 g/mol. The lowest BCUT2D eigenvalue weighted by atomic mass is 10.1. The summed E-state index contributed by atoms with van der Waals surface area (Å²) in [6, 6.07) is 20.5. The third-order valence-corrected chi connectivity index (χ3v) is 3.98. The molecule has 0 N–H and O–H groups in total. The highest BCUT2D eigenvalue weighted by Crippen LogP contribution is 2.37. The van der Waals surface area contributed by atoms with E-state index in [0.29, 0.717) is 0 Å². The number of hydrogen-bond donors (Lipinski definition) is 1. The Labute approximate surface area is 116 Å². The highest BCUT2D eigenvalue weighted by Gasteiger charge is 2.12. The SMILES string of the molecule is Sc1nc(-c2ccccc2)c(-c2ccccc2)s1. The molecule has 0 saturated heterocycles. The molecule has 3 rings (SSSR count). The Kier molecular flexibility index (Phi) is 3.17. The smallest absolute Gasteiger partial charge is 0.148 e. The summed E-state index contributed by atoms with van der Waals surface area (Å²) < 4.78 is 0.799. The zero-order valence-corrected chi connectivity index (χ0v) is 11.3. The van der Waals surface area contributed by atoms with Crippen molar-refractivity contribution in [2.75, 3.05) is 0 Å².